The first-order valence-electron chi connectivity index (χ1n) is 8.43. The van der Waals surface area contributed by atoms with E-state index in [0.29, 0.717) is 25.8 Å². The molecule has 0 saturated heterocycles. The molecule has 1 aromatic rings. The highest BCUT2D eigenvalue weighted by atomic mass is 16.3. The van der Waals surface area contributed by atoms with Crippen LogP contribution in [0.25, 0.3) is 0 Å². The number of amides is 3. The molecule has 0 aliphatic heterocycles. The number of unbranched alkanes of at least 4 members (excludes halogenated alkanes) is 1. The number of nitrogens with one attached hydrogen (secondary N) is 2. The Labute approximate surface area is 152 Å². The number of hydrogen-bond acceptors (Lipinski definition) is 6. The first kappa shape index (κ1) is 21.4. The van der Waals surface area contributed by atoms with Crippen molar-refractivity contribution in [2.45, 2.75) is 37.8 Å². The fourth-order valence-electron chi connectivity index (χ4n) is 2.32. The van der Waals surface area contributed by atoms with Gasteiger partial charge in [0.05, 0.1) is 12.6 Å². The molecular formula is C17H27N5O4. The Morgan fingerprint density at radius 2 is 1.73 bits per heavy atom. The smallest absolute Gasteiger partial charge is 0.243 e. The molecular weight excluding hydrogens is 338 g/mol. The van der Waals surface area contributed by atoms with Gasteiger partial charge in [0.25, 0.3) is 0 Å². The largest absolute Gasteiger partial charge is 0.508 e. The lowest BCUT2D eigenvalue weighted by Crippen LogP contribution is -2.53. The molecule has 0 fully saturated rings. The molecule has 144 valence electrons. The van der Waals surface area contributed by atoms with Gasteiger partial charge in [0.1, 0.15) is 11.8 Å². The minimum atomic E-state index is -0.861. The molecule has 1 rings (SSSR count). The van der Waals surface area contributed by atoms with Crippen LogP contribution in [0.15, 0.2) is 24.3 Å². The third kappa shape index (κ3) is 7.95. The monoisotopic (exact) mass is 365 g/mol. The lowest BCUT2D eigenvalue weighted by molar-refractivity contribution is -0.130. The molecule has 0 radical (unpaired) electrons. The summed E-state index contributed by atoms with van der Waals surface area (Å²) in [6, 6.07) is 4.67. The van der Waals surface area contributed by atoms with Crippen LogP contribution >= 0.6 is 0 Å². The minimum absolute atomic E-state index is 0.123. The first-order chi connectivity index (χ1) is 12.3. The highest BCUT2D eigenvalue weighted by molar-refractivity contribution is 5.91. The van der Waals surface area contributed by atoms with Crippen molar-refractivity contribution in [3.05, 3.63) is 29.8 Å². The van der Waals surface area contributed by atoms with Gasteiger partial charge in [-0.25, -0.2) is 0 Å². The van der Waals surface area contributed by atoms with Crippen LogP contribution in [-0.4, -0.2) is 48.0 Å². The van der Waals surface area contributed by atoms with E-state index in [9.17, 15) is 19.5 Å². The average Bonchev–Trinajstić information content (AvgIpc) is 2.60. The van der Waals surface area contributed by atoms with Crippen LogP contribution in [-0.2, 0) is 20.8 Å². The van der Waals surface area contributed by atoms with E-state index in [1.807, 2.05) is 0 Å². The van der Waals surface area contributed by atoms with Gasteiger partial charge in [0.15, 0.2) is 0 Å². The molecule has 2 atom stereocenters. The predicted molar refractivity (Wildman–Crippen MR) is 96.8 cm³/mol. The highest BCUT2D eigenvalue weighted by Crippen LogP contribution is 2.11. The first-order valence-corrected chi connectivity index (χ1v) is 8.43. The number of carbonyl (C=O) groups excluding carboxylic acids is 3. The zero-order chi connectivity index (χ0) is 19.5. The number of primary amides is 1. The third-order valence-corrected chi connectivity index (χ3v) is 3.75. The van der Waals surface area contributed by atoms with E-state index in [1.54, 1.807) is 12.1 Å². The van der Waals surface area contributed by atoms with Gasteiger partial charge in [0.2, 0.25) is 17.7 Å². The van der Waals surface area contributed by atoms with Crippen LogP contribution in [0.3, 0.4) is 0 Å². The SMILES string of the molecule is NCCCC[C@@H](NC(=O)[C@H](N)Cc1ccc(O)cc1)C(=O)NCC(N)=O. The van der Waals surface area contributed by atoms with Gasteiger partial charge in [-0.05, 0) is 49.9 Å². The van der Waals surface area contributed by atoms with Crippen LogP contribution in [0.4, 0.5) is 0 Å². The van der Waals surface area contributed by atoms with Crippen molar-refractivity contribution in [2.75, 3.05) is 13.1 Å². The normalized spacial score (nSPS) is 12.8. The van der Waals surface area contributed by atoms with Crippen LogP contribution in [0, 0.1) is 0 Å². The Bertz CT molecular complexity index is 606. The Kier molecular flexibility index (Phi) is 9.10. The Morgan fingerprint density at radius 1 is 1.08 bits per heavy atom. The molecule has 0 aromatic heterocycles. The van der Waals surface area contributed by atoms with Crippen LogP contribution in [0.5, 0.6) is 5.75 Å². The van der Waals surface area contributed by atoms with Crippen LogP contribution in [0.2, 0.25) is 0 Å². The molecule has 0 spiro atoms. The zero-order valence-electron chi connectivity index (χ0n) is 14.6. The summed E-state index contributed by atoms with van der Waals surface area (Å²) >= 11 is 0. The summed E-state index contributed by atoms with van der Waals surface area (Å²) in [5, 5.41) is 14.3. The van der Waals surface area contributed by atoms with E-state index in [1.165, 1.54) is 12.1 Å². The molecule has 1 aromatic carbocycles. The van der Waals surface area contributed by atoms with Crippen molar-refractivity contribution in [3.63, 3.8) is 0 Å². The Hall–Kier alpha value is -2.65. The average molecular weight is 365 g/mol. The van der Waals surface area contributed by atoms with Gasteiger partial charge >= 0.3 is 0 Å². The topological polar surface area (TPSA) is 174 Å². The summed E-state index contributed by atoms with van der Waals surface area (Å²) in [4.78, 5) is 35.3. The molecule has 0 heterocycles. The summed E-state index contributed by atoms with van der Waals surface area (Å²) in [5.74, 6) is -1.52. The van der Waals surface area contributed by atoms with E-state index >= 15 is 0 Å². The molecule has 0 aliphatic carbocycles. The number of carbonyl (C=O) groups is 3. The second kappa shape index (κ2) is 11.1. The highest BCUT2D eigenvalue weighted by Gasteiger charge is 2.23. The fraction of sp³-hybridized carbons (Fsp3) is 0.471. The van der Waals surface area contributed by atoms with Crippen molar-refractivity contribution in [3.8, 4) is 5.75 Å². The molecule has 3 amide bonds. The number of rotatable bonds is 11. The molecule has 0 bridgehead atoms. The van der Waals surface area contributed by atoms with E-state index in [0.717, 1.165) is 5.56 Å². The number of phenols is 1. The molecule has 9 nitrogen and oxygen atoms in total. The van der Waals surface area contributed by atoms with E-state index in [2.05, 4.69) is 10.6 Å². The number of phenolic OH excluding ortho intramolecular Hbond substituents is 1. The maximum Gasteiger partial charge on any atom is 0.243 e. The molecule has 9 N–H and O–H groups in total. The summed E-state index contributed by atoms with van der Waals surface area (Å²) < 4.78 is 0. The maximum absolute atomic E-state index is 12.3. The van der Waals surface area contributed by atoms with Crippen LogP contribution < -0.4 is 27.8 Å². The van der Waals surface area contributed by atoms with Gasteiger partial charge in [-0.1, -0.05) is 12.1 Å². The van der Waals surface area contributed by atoms with Crippen molar-refractivity contribution in [2.24, 2.45) is 17.2 Å². The quantitative estimate of drug-likeness (QED) is 0.260. The Morgan fingerprint density at radius 3 is 2.31 bits per heavy atom. The van der Waals surface area contributed by atoms with Crippen molar-refractivity contribution in [1.82, 2.24) is 10.6 Å². The van der Waals surface area contributed by atoms with Gasteiger partial charge in [-0.3, -0.25) is 14.4 Å². The zero-order valence-corrected chi connectivity index (χ0v) is 14.6. The van der Waals surface area contributed by atoms with E-state index < -0.39 is 29.8 Å². The molecule has 26 heavy (non-hydrogen) atoms. The second-order valence-corrected chi connectivity index (χ2v) is 6.01. The van der Waals surface area contributed by atoms with E-state index in [4.69, 9.17) is 17.2 Å². The standard InChI is InChI=1S/C17H27N5O4/c18-8-2-1-3-14(17(26)21-10-15(20)24)22-16(25)13(19)9-11-4-6-12(23)7-5-11/h4-7,13-14,23H,1-3,8-10,18-19H2,(H2,20,24)(H,21,26)(H,22,25)/t13-,14-/m1/s1. The Balaban J connectivity index is 2.64. The van der Waals surface area contributed by atoms with Crippen molar-refractivity contribution in [1.29, 1.82) is 0 Å². The number of hydrogen-bond donors (Lipinski definition) is 6. The summed E-state index contributed by atoms with van der Waals surface area (Å²) in [6.07, 6.45) is 1.97. The van der Waals surface area contributed by atoms with Crippen molar-refractivity contribution >= 4 is 17.7 Å². The van der Waals surface area contributed by atoms with E-state index in [-0.39, 0.29) is 18.7 Å². The molecule has 0 unspecified atom stereocenters. The second-order valence-electron chi connectivity index (χ2n) is 6.01. The summed E-state index contributed by atoms with van der Waals surface area (Å²) in [6.45, 7) is 0.172. The third-order valence-electron chi connectivity index (χ3n) is 3.75. The number of aromatic hydroxyl groups is 1. The number of benzene rings is 1. The predicted octanol–water partition coefficient (Wildman–Crippen LogP) is -1.52. The van der Waals surface area contributed by atoms with Gasteiger partial charge in [-0.15, -0.1) is 0 Å². The maximum atomic E-state index is 12.3. The molecule has 0 aliphatic rings. The summed E-state index contributed by atoms with van der Waals surface area (Å²) in [7, 11) is 0. The number of nitrogens with two attached hydrogens (primary N) is 3. The minimum Gasteiger partial charge on any atom is -0.508 e. The molecule has 9 heteroatoms. The lowest BCUT2D eigenvalue weighted by atomic mass is 10.0. The van der Waals surface area contributed by atoms with Gasteiger partial charge in [-0.2, -0.15) is 0 Å². The lowest BCUT2D eigenvalue weighted by Gasteiger charge is -2.20. The van der Waals surface area contributed by atoms with Crippen molar-refractivity contribution < 1.29 is 19.5 Å². The van der Waals surface area contributed by atoms with Crippen LogP contribution in [0.1, 0.15) is 24.8 Å². The fourth-order valence-corrected chi connectivity index (χ4v) is 2.32. The summed E-state index contributed by atoms with van der Waals surface area (Å²) in [5.41, 5.74) is 17.2. The van der Waals surface area contributed by atoms with Gasteiger partial charge < -0.3 is 32.9 Å². The van der Waals surface area contributed by atoms with Gasteiger partial charge in [0, 0.05) is 0 Å². The molecule has 0 saturated carbocycles.